The Morgan fingerprint density at radius 2 is 2.19 bits per heavy atom. The highest BCUT2D eigenvalue weighted by atomic mass is 16.5. The molecule has 26 heavy (non-hydrogen) atoms. The second kappa shape index (κ2) is 6.82. The lowest BCUT2D eigenvalue weighted by Crippen LogP contribution is -2.26. The van der Waals surface area contributed by atoms with E-state index in [0.29, 0.717) is 24.7 Å². The molecule has 3 heterocycles. The molecular weight excluding hydrogens is 330 g/mol. The third-order valence-electron chi connectivity index (χ3n) is 4.69. The largest absolute Gasteiger partial charge is 0.478 e. The van der Waals surface area contributed by atoms with Gasteiger partial charge in [0, 0.05) is 25.1 Å². The van der Waals surface area contributed by atoms with Crippen molar-refractivity contribution in [3.8, 4) is 5.88 Å². The van der Waals surface area contributed by atoms with Gasteiger partial charge in [-0.25, -0.2) is 9.67 Å². The van der Waals surface area contributed by atoms with Gasteiger partial charge >= 0.3 is 0 Å². The van der Waals surface area contributed by atoms with Crippen LogP contribution in [0, 0.1) is 6.92 Å². The summed E-state index contributed by atoms with van der Waals surface area (Å²) in [7, 11) is 0. The van der Waals surface area contributed by atoms with Crippen molar-refractivity contribution in [3.05, 3.63) is 41.3 Å². The van der Waals surface area contributed by atoms with Gasteiger partial charge < -0.3 is 14.6 Å². The van der Waals surface area contributed by atoms with Crippen LogP contribution in [0.15, 0.2) is 24.3 Å². The normalized spacial score (nSPS) is 13.5. The summed E-state index contributed by atoms with van der Waals surface area (Å²) in [5.74, 6) is 1.38. The third-order valence-corrected chi connectivity index (χ3v) is 4.69. The molecule has 0 fully saturated rings. The fourth-order valence-electron chi connectivity index (χ4n) is 3.45. The topological polar surface area (TPSA) is 74.0 Å². The Morgan fingerprint density at radius 1 is 1.35 bits per heavy atom. The number of benzene rings is 1. The van der Waals surface area contributed by atoms with Crippen LogP contribution in [0.2, 0.25) is 0 Å². The number of amides is 1. The van der Waals surface area contributed by atoms with Gasteiger partial charge in [0.2, 0.25) is 5.88 Å². The van der Waals surface area contributed by atoms with Crippen LogP contribution in [0.5, 0.6) is 5.88 Å². The van der Waals surface area contributed by atoms with Crippen LogP contribution >= 0.6 is 0 Å². The van der Waals surface area contributed by atoms with Crippen LogP contribution in [-0.4, -0.2) is 31.8 Å². The van der Waals surface area contributed by atoms with E-state index in [1.165, 1.54) is 0 Å². The zero-order chi connectivity index (χ0) is 18.1. The number of para-hydroxylation sites is 2. The minimum Gasteiger partial charge on any atom is -0.478 e. The lowest BCUT2D eigenvalue weighted by Gasteiger charge is -2.14. The van der Waals surface area contributed by atoms with Gasteiger partial charge in [0.15, 0.2) is 5.69 Å². The molecule has 2 aromatic heterocycles. The Kier molecular flexibility index (Phi) is 4.36. The lowest BCUT2D eigenvalue weighted by atomic mass is 10.2. The molecule has 7 heteroatoms. The van der Waals surface area contributed by atoms with Gasteiger partial charge in [-0.1, -0.05) is 19.1 Å². The number of rotatable bonds is 5. The van der Waals surface area contributed by atoms with Gasteiger partial charge in [0.05, 0.1) is 24.2 Å². The van der Waals surface area contributed by atoms with E-state index in [2.05, 4.69) is 33.0 Å². The summed E-state index contributed by atoms with van der Waals surface area (Å²) in [6, 6.07) is 8.05. The van der Waals surface area contributed by atoms with Crippen molar-refractivity contribution in [3.63, 3.8) is 0 Å². The first-order chi connectivity index (χ1) is 12.7. The Bertz CT molecular complexity index is 956. The minimum atomic E-state index is -0.192. The van der Waals surface area contributed by atoms with E-state index in [1.807, 2.05) is 25.1 Å². The van der Waals surface area contributed by atoms with Gasteiger partial charge in [0.1, 0.15) is 5.82 Å². The summed E-state index contributed by atoms with van der Waals surface area (Å²) in [6.07, 6.45) is 1.92. The van der Waals surface area contributed by atoms with E-state index in [-0.39, 0.29) is 5.91 Å². The van der Waals surface area contributed by atoms with Crippen molar-refractivity contribution in [2.75, 3.05) is 6.61 Å². The molecule has 0 spiro atoms. The molecule has 0 atom stereocenters. The van der Waals surface area contributed by atoms with Crippen molar-refractivity contribution in [2.45, 2.75) is 46.3 Å². The fraction of sp³-hybridized carbons (Fsp3) is 0.421. The number of hydrogen-bond acceptors (Lipinski definition) is 4. The first-order valence-electron chi connectivity index (χ1n) is 9.11. The molecule has 3 aromatic rings. The number of carbonyl (C=O) groups excluding carboxylic acids is 1. The predicted molar refractivity (Wildman–Crippen MR) is 98.3 cm³/mol. The van der Waals surface area contributed by atoms with Gasteiger partial charge in [-0.3, -0.25) is 4.79 Å². The lowest BCUT2D eigenvalue weighted by molar-refractivity contribution is 0.0943. The second-order valence-corrected chi connectivity index (χ2v) is 6.55. The molecule has 1 N–H and O–H groups in total. The highest BCUT2D eigenvalue weighted by Crippen LogP contribution is 2.25. The maximum Gasteiger partial charge on any atom is 0.272 e. The monoisotopic (exact) mass is 353 g/mol. The fourth-order valence-corrected chi connectivity index (χ4v) is 3.45. The minimum absolute atomic E-state index is 0.192. The summed E-state index contributed by atoms with van der Waals surface area (Å²) in [5.41, 5.74) is 3.28. The van der Waals surface area contributed by atoms with Crippen molar-refractivity contribution >= 4 is 16.9 Å². The molecule has 0 saturated heterocycles. The summed E-state index contributed by atoms with van der Waals surface area (Å²) < 4.78 is 9.59. The van der Waals surface area contributed by atoms with Crippen LogP contribution < -0.4 is 10.1 Å². The number of ether oxygens (including phenoxy) is 1. The molecule has 4 rings (SSSR count). The molecule has 1 aliphatic rings. The molecule has 1 amide bonds. The van der Waals surface area contributed by atoms with Gasteiger partial charge in [-0.05, 0) is 25.5 Å². The molecule has 0 aliphatic carbocycles. The van der Waals surface area contributed by atoms with E-state index in [1.54, 1.807) is 4.68 Å². The molecule has 1 aromatic carbocycles. The zero-order valence-corrected chi connectivity index (χ0v) is 15.2. The second-order valence-electron chi connectivity index (χ2n) is 6.55. The molecule has 0 saturated carbocycles. The highest BCUT2D eigenvalue weighted by Gasteiger charge is 2.23. The van der Waals surface area contributed by atoms with E-state index < -0.39 is 0 Å². The predicted octanol–water partition coefficient (Wildman–Crippen LogP) is 2.66. The maximum absolute atomic E-state index is 12.7. The number of nitrogens with zero attached hydrogens (tertiary/aromatic N) is 4. The number of carbonyl (C=O) groups is 1. The Labute approximate surface area is 152 Å². The average molecular weight is 353 g/mol. The van der Waals surface area contributed by atoms with Crippen molar-refractivity contribution in [1.29, 1.82) is 0 Å². The van der Waals surface area contributed by atoms with Gasteiger partial charge in [-0.2, -0.15) is 5.10 Å². The quantitative estimate of drug-likeness (QED) is 0.765. The number of aromatic nitrogens is 4. The highest BCUT2D eigenvalue weighted by molar-refractivity contribution is 5.94. The van der Waals surface area contributed by atoms with E-state index in [9.17, 15) is 4.79 Å². The SMILES string of the molecule is CCCn1c(CNC(=O)c2nn3c(c2C)OCCC3)nc2ccccc21. The van der Waals surface area contributed by atoms with E-state index >= 15 is 0 Å². The van der Waals surface area contributed by atoms with Crippen LogP contribution in [0.1, 0.15) is 41.6 Å². The Hall–Kier alpha value is -2.83. The summed E-state index contributed by atoms with van der Waals surface area (Å²) in [4.78, 5) is 17.3. The molecule has 0 radical (unpaired) electrons. The molecule has 136 valence electrons. The summed E-state index contributed by atoms with van der Waals surface area (Å²) >= 11 is 0. The Morgan fingerprint density at radius 3 is 3.00 bits per heavy atom. The van der Waals surface area contributed by atoms with Crippen molar-refractivity contribution in [2.24, 2.45) is 0 Å². The molecule has 7 nitrogen and oxygen atoms in total. The van der Waals surface area contributed by atoms with Crippen LogP contribution in [0.3, 0.4) is 0 Å². The molecule has 0 unspecified atom stereocenters. The average Bonchev–Trinajstić information content (AvgIpc) is 3.19. The molecular formula is C19H23N5O2. The van der Waals surface area contributed by atoms with Crippen LogP contribution in [-0.2, 0) is 19.6 Å². The first-order valence-corrected chi connectivity index (χ1v) is 9.11. The molecule has 1 aliphatic heterocycles. The van der Waals surface area contributed by atoms with Gasteiger partial charge in [0.25, 0.3) is 5.91 Å². The van der Waals surface area contributed by atoms with E-state index in [0.717, 1.165) is 48.4 Å². The zero-order valence-electron chi connectivity index (χ0n) is 15.2. The molecule has 0 bridgehead atoms. The van der Waals surface area contributed by atoms with Crippen LogP contribution in [0.4, 0.5) is 0 Å². The van der Waals surface area contributed by atoms with E-state index in [4.69, 9.17) is 4.74 Å². The van der Waals surface area contributed by atoms with Gasteiger partial charge in [-0.15, -0.1) is 0 Å². The smallest absolute Gasteiger partial charge is 0.272 e. The number of fused-ring (bicyclic) bond motifs is 2. The maximum atomic E-state index is 12.7. The number of aryl methyl sites for hydroxylation is 2. The number of hydrogen-bond donors (Lipinski definition) is 1. The standard InChI is InChI=1S/C19H23N5O2/c1-3-9-23-15-8-5-4-7-14(15)21-16(23)12-20-18(25)17-13(2)19-24(22-17)10-6-11-26-19/h4-5,7-8H,3,6,9-12H2,1-2H3,(H,20,25). The first kappa shape index (κ1) is 16.6. The van der Waals surface area contributed by atoms with Crippen LogP contribution in [0.25, 0.3) is 11.0 Å². The number of imidazole rings is 1. The van der Waals surface area contributed by atoms with Crippen molar-refractivity contribution < 1.29 is 9.53 Å². The summed E-state index contributed by atoms with van der Waals surface area (Å²) in [6.45, 7) is 6.72. The third kappa shape index (κ3) is 2.83. The summed E-state index contributed by atoms with van der Waals surface area (Å²) in [5, 5.41) is 7.39. The number of nitrogens with one attached hydrogen (secondary N) is 1. The van der Waals surface area contributed by atoms with Crippen molar-refractivity contribution in [1.82, 2.24) is 24.6 Å². The Balaban J connectivity index is 1.56.